The molecule has 90 valence electrons. The molecule has 0 heterocycles. The second-order valence-electron chi connectivity index (χ2n) is 3.35. The fourth-order valence-corrected chi connectivity index (χ4v) is 1.18. The van der Waals surface area contributed by atoms with E-state index >= 15 is 0 Å². The zero-order valence-corrected chi connectivity index (χ0v) is 7.27. The third-order valence-corrected chi connectivity index (χ3v) is 1.99. The van der Waals surface area contributed by atoms with Gasteiger partial charge < -0.3 is 9.84 Å². The second-order valence-corrected chi connectivity index (χ2v) is 3.35. The van der Waals surface area contributed by atoms with Crippen LogP contribution in [0.3, 0.4) is 0 Å². The van der Waals surface area contributed by atoms with Crippen molar-refractivity contribution in [1.29, 1.82) is 0 Å². The number of rotatable bonds is 2. The van der Waals surface area contributed by atoms with Crippen LogP contribution in [0.25, 0.3) is 0 Å². The van der Waals surface area contributed by atoms with E-state index in [1.807, 2.05) is 0 Å². The van der Waals surface area contributed by atoms with Crippen LogP contribution in [0.15, 0.2) is 0 Å². The quantitative estimate of drug-likeness (QED) is 0.746. The summed E-state index contributed by atoms with van der Waals surface area (Å²) in [5, 5.41) is 8.69. The first-order valence-corrected chi connectivity index (χ1v) is 4.07. The first-order valence-electron chi connectivity index (χ1n) is 4.07. The topological polar surface area (TPSA) is 29.5 Å². The van der Waals surface area contributed by atoms with E-state index in [0.29, 0.717) is 0 Å². The Morgan fingerprint density at radius 1 is 1.00 bits per heavy atom. The van der Waals surface area contributed by atoms with Crippen molar-refractivity contribution >= 4 is 0 Å². The van der Waals surface area contributed by atoms with Gasteiger partial charge in [0.05, 0.1) is 12.2 Å². The summed E-state index contributed by atoms with van der Waals surface area (Å²) in [4.78, 5) is 0. The zero-order chi connectivity index (χ0) is 11.9. The molecule has 0 bridgehead atoms. The van der Waals surface area contributed by atoms with E-state index in [9.17, 15) is 26.3 Å². The normalized spacial score (nSPS) is 28.0. The molecule has 0 aromatic rings. The summed E-state index contributed by atoms with van der Waals surface area (Å²) in [7, 11) is 0. The lowest BCUT2D eigenvalue weighted by atomic mass is 9.92. The summed E-state index contributed by atoms with van der Waals surface area (Å²) in [5.74, 6) is 0. The first-order chi connectivity index (χ1) is 6.60. The van der Waals surface area contributed by atoms with Crippen molar-refractivity contribution in [2.75, 3.05) is 0 Å². The van der Waals surface area contributed by atoms with Gasteiger partial charge >= 0.3 is 12.4 Å². The minimum absolute atomic E-state index is 0.192. The average molecular weight is 238 g/mol. The van der Waals surface area contributed by atoms with Crippen LogP contribution in [0.5, 0.6) is 0 Å². The van der Waals surface area contributed by atoms with Gasteiger partial charge in [0.1, 0.15) is 0 Å². The predicted octanol–water partition coefficient (Wildman–Crippen LogP) is 2.02. The Morgan fingerprint density at radius 3 is 1.67 bits per heavy atom. The maximum absolute atomic E-state index is 11.9. The second kappa shape index (κ2) is 3.82. The molecule has 0 aliphatic heterocycles. The van der Waals surface area contributed by atoms with Crippen LogP contribution in [-0.4, -0.2) is 35.8 Å². The monoisotopic (exact) mass is 238 g/mol. The molecule has 15 heavy (non-hydrogen) atoms. The molecule has 0 atom stereocenters. The van der Waals surface area contributed by atoms with Gasteiger partial charge in [0, 0.05) is 0 Å². The largest absolute Gasteiger partial charge is 0.423 e. The van der Waals surface area contributed by atoms with Crippen molar-refractivity contribution in [3.8, 4) is 0 Å². The Kier molecular flexibility index (Phi) is 3.20. The van der Waals surface area contributed by atoms with Crippen LogP contribution in [0.1, 0.15) is 12.8 Å². The minimum Gasteiger partial charge on any atom is -0.393 e. The van der Waals surface area contributed by atoms with Gasteiger partial charge in [-0.2, -0.15) is 26.3 Å². The van der Waals surface area contributed by atoms with Crippen LogP contribution in [-0.2, 0) is 4.74 Å². The molecule has 1 saturated carbocycles. The summed E-state index contributed by atoms with van der Waals surface area (Å²) in [6.07, 6.45) is -17.1. The standard InChI is InChI=1S/C7H8F6O2/c8-6(9,10)5(7(11,12)13)15-4-1-3(14)2-4/h3-5,14H,1-2H2. The van der Waals surface area contributed by atoms with Crippen molar-refractivity contribution in [2.45, 2.75) is 43.5 Å². The number of hydrogen-bond acceptors (Lipinski definition) is 2. The van der Waals surface area contributed by atoms with Crippen LogP contribution < -0.4 is 0 Å². The zero-order valence-electron chi connectivity index (χ0n) is 7.27. The third-order valence-electron chi connectivity index (χ3n) is 1.99. The maximum Gasteiger partial charge on any atom is 0.423 e. The molecule has 0 unspecified atom stereocenters. The Morgan fingerprint density at radius 2 is 1.40 bits per heavy atom. The highest BCUT2D eigenvalue weighted by Crippen LogP contribution is 2.38. The molecule has 8 heteroatoms. The molecular weight excluding hydrogens is 230 g/mol. The molecule has 0 aromatic carbocycles. The van der Waals surface area contributed by atoms with Gasteiger partial charge in [0.2, 0.25) is 6.10 Å². The van der Waals surface area contributed by atoms with E-state index in [-0.39, 0.29) is 12.8 Å². The van der Waals surface area contributed by atoms with E-state index in [4.69, 9.17) is 5.11 Å². The molecule has 1 rings (SSSR count). The Bertz CT molecular complexity index is 203. The van der Waals surface area contributed by atoms with Gasteiger partial charge in [-0.3, -0.25) is 0 Å². The fraction of sp³-hybridized carbons (Fsp3) is 1.00. The summed E-state index contributed by atoms with van der Waals surface area (Å²) in [6.45, 7) is 0. The third kappa shape index (κ3) is 3.23. The first kappa shape index (κ1) is 12.6. The van der Waals surface area contributed by atoms with Crippen molar-refractivity contribution in [3.05, 3.63) is 0 Å². The van der Waals surface area contributed by atoms with E-state index in [1.165, 1.54) is 0 Å². The summed E-state index contributed by atoms with van der Waals surface area (Å²) >= 11 is 0. The fourth-order valence-electron chi connectivity index (χ4n) is 1.18. The van der Waals surface area contributed by atoms with E-state index in [1.54, 1.807) is 0 Å². The average Bonchev–Trinajstić information content (AvgIpc) is 1.90. The van der Waals surface area contributed by atoms with Gasteiger partial charge in [-0.15, -0.1) is 0 Å². The van der Waals surface area contributed by atoms with Gasteiger partial charge in [0.25, 0.3) is 0 Å². The smallest absolute Gasteiger partial charge is 0.393 e. The molecule has 1 aliphatic carbocycles. The molecule has 0 radical (unpaired) electrons. The molecule has 2 nitrogen and oxygen atoms in total. The van der Waals surface area contributed by atoms with Gasteiger partial charge in [-0.05, 0) is 12.8 Å². The Labute approximate surface area is 80.8 Å². The highest BCUT2D eigenvalue weighted by molar-refractivity contribution is 4.84. The molecule has 1 N–H and O–H groups in total. The van der Waals surface area contributed by atoms with Crippen molar-refractivity contribution < 1.29 is 36.2 Å². The predicted molar refractivity (Wildman–Crippen MR) is 36.0 cm³/mol. The molecule has 0 aromatic heterocycles. The van der Waals surface area contributed by atoms with Gasteiger partial charge in [-0.1, -0.05) is 0 Å². The van der Waals surface area contributed by atoms with Crippen LogP contribution in [0.2, 0.25) is 0 Å². The molecule has 0 amide bonds. The number of ether oxygens (including phenoxy) is 1. The van der Waals surface area contributed by atoms with E-state index < -0.39 is 30.7 Å². The summed E-state index contributed by atoms with van der Waals surface area (Å²) < 4.78 is 75.4. The molecular formula is C7H8F6O2. The summed E-state index contributed by atoms with van der Waals surface area (Å²) in [5.41, 5.74) is 0. The minimum atomic E-state index is -5.47. The number of hydrogen-bond donors (Lipinski definition) is 1. The van der Waals surface area contributed by atoms with E-state index in [0.717, 1.165) is 0 Å². The van der Waals surface area contributed by atoms with E-state index in [2.05, 4.69) is 4.74 Å². The van der Waals surface area contributed by atoms with Gasteiger partial charge in [0.15, 0.2) is 0 Å². The molecule has 0 spiro atoms. The molecule has 1 fully saturated rings. The molecule has 0 saturated heterocycles. The number of aliphatic hydroxyl groups excluding tert-OH is 1. The van der Waals surface area contributed by atoms with Crippen molar-refractivity contribution in [1.82, 2.24) is 0 Å². The number of alkyl halides is 6. The number of halogens is 6. The van der Waals surface area contributed by atoms with Gasteiger partial charge in [-0.25, -0.2) is 0 Å². The summed E-state index contributed by atoms with van der Waals surface area (Å²) in [6, 6.07) is 0. The SMILES string of the molecule is OC1CC(OC(C(F)(F)F)C(F)(F)F)C1. The highest BCUT2D eigenvalue weighted by Gasteiger charge is 2.59. The Balaban J connectivity index is 2.59. The molecule has 1 aliphatic rings. The van der Waals surface area contributed by atoms with Crippen LogP contribution >= 0.6 is 0 Å². The lowest BCUT2D eigenvalue weighted by molar-refractivity contribution is -0.338. The lowest BCUT2D eigenvalue weighted by Gasteiger charge is -2.35. The maximum atomic E-state index is 11.9. The highest BCUT2D eigenvalue weighted by atomic mass is 19.4. The Hall–Kier alpha value is -0.500. The van der Waals surface area contributed by atoms with Crippen molar-refractivity contribution in [2.24, 2.45) is 0 Å². The van der Waals surface area contributed by atoms with Crippen molar-refractivity contribution in [3.63, 3.8) is 0 Å². The number of aliphatic hydroxyl groups is 1. The lowest BCUT2D eigenvalue weighted by Crippen LogP contribution is -2.49. The van der Waals surface area contributed by atoms with Crippen LogP contribution in [0, 0.1) is 0 Å². The van der Waals surface area contributed by atoms with Crippen LogP contribution in [0.4, 0.5) is 26.3 Å².